The van der Waals surface area contributed by atoms with Crippen molar-refractivity contribution < 1.29 is 0 Å². The maximum atomic E-state index is 5.86. The molecule has 0 aliphatic rings. The molecule has 0 heterocycles. The van der Waals surface area contributed by atoms with Gasteiger partial charge in [-0.1, -0.05) is 29.8 Å². The molecule has 2 rings (SSSR count). The molecule has 0 saturated carbocycles. The monoisotopic (exact) mass is 239 g/mol. The van der Waals surface area contributed by atoms with Crippen molar-refractivity contribution >= 4 is 17.3 Å². The Labute approximate surface area is 107 Å². The molecule has 92 valence electrons. The average Bonchev–Trinajstić information content (AvgIpc) is 2.32. The van der Waals surface area contributed by atoms with E-state index in [0.29, 0.717) is 5.96 Å². The number of hydrogen-bond donors (Lipinski definition) is 2. The zero-order chi connectivity index (χ0) is 13.0. The molecule has 2 aromatic carbocycles. The van der Waals surface area contributed by atoms with Gasteiger partial charge >= 0.3 is 0 Å². The Balaban J connectivity index is 2.12. The fourth-order valence-corrected chi connectivity index (χ4v) is 1.66. The summed E-state index contributed by atoms with van der Waals surface area (Å²) in [6.07, 6.45) is 0. The Morgan fingerprint density at radius 2 is 1.72 bits per heavy atom. The van der Waals surface area contributed by atoms with Crippen LogP contribution in [0.4, 0.5) is 11.4 Å². The molecular formula is C15H17N3. The van der Waals surface area contributed by atoms with Crippen molar-refractivity contribution in [1.82, 2.24) is 0 Å². The van der Waals surface area contributed by atoms with E-state index < -0.39 is 0 Å². The number of nitrogens with two attached hydrogens (primary N) is 1. The van der Waals surface area contributed by atoms with Gasteiger partial charge in [0.15, 0.2) is 5.96 Å². The number of anilines is 1. The highest BCUT2D eigenvalue weighted by atomic mass is 15.1. The maximum Gasteiger partial charge on any atom is 0.198 e. The lowest BCUT2D eigenvalue weighted by Crippen LogP contribution is -2.21. The predicted molar refractivity (Wildman–Crippen MR) is 77.3 cm³/mol. The Morgan fingerprint density at radius 1 is 1.00 bits per heavy atom. The van der Waals surface area contributed by atoms with Gasteiger partial charge in [0.2, 0.25) is 0 Å². The molecule has 0 aliphatic heterocycles. The fraction of sp³-hybridized carbons (Fsp3) is 0.133. The maximum absolute atomic E-state index is 5.86. The molecule has 0 radical (unpaired) electrons. The molecule has 3 heteroatoms. The van der Waals surface area contributed by atoms with E-state index in [0.717, 1.165) is 11.4 Å². The molecule has 0 aliphatic carbocycles. The molecule has 0 atom stereocenters. The lowest BCUT2D eigenvalue weighted by atomic mass is 10.2. The molecule has 3 N–H and O–H groups in total. The summed E-state index contributed by atoms with van der Waals surface area (Å²) in [7, 11) is 0. The first kappa shape index (κ1) is 12.2. The summed E-state index contributed by atoms with van der Waals surface area (Å²) in [5.41, 5.74) is 10.0. The second-order valence-electron chi connectivity index (χ2n) is 4.33. The minimum absolute atomic E-state index is 0.393. The van der Waals surface area contributed by atoms with Gasteiger partial charge in [-0.25, -0.2) is 4.99 Å². The largest absolute Gasteiger partial charge is 0.369 e. The van der Waals surface area contributed by atoms with E-state index in [-0.39, 0.29) is 0 Å². The summed E-state index contributed by atoms with van der Waals surface area (Å²) in [5, 5.41) is 3.07. The van der Waals surface area contributed by atoms with Gasteiger partial charge in [0.05, 0.1) is 5.69 Å². The van der Waals surface area contributed by atoms with Crippen LogP contribution in [0.1, 0.15) is 11.1 Å². The molecular weight excluding hydrogens is 222 g/mol. The van der Waals surface area contributed by atoms with Crippen LogP contribution in [0.15, 0.2) is 53.5 Å². The van der Waals surface area contributed by atoms with Crippen molar-refractivity contribution in [3.05, 3.63) is 59.7 Å². The van der Waals surface area contributed by atoms with Gasteiger partial charge in [0.1, 0.15) is 0 Å². The summed E-state index contributed by atoms with van der Waals surface area (Å²) >= 11 is 0. The number of nitrogens with zero attached hydrogens (tertiary/aromatic N) is 1. The van der Waals surface area contributed by atoms with Gasteiger partial charge in [-0.3, -0.25) is 0 Å². The van der Waals surface area contributed by atoms with Crippen molar-refractivity contribution in [3.63, 3.8) is 0 Å². The molecule has 0 fully saturated rings. The highest BCUT2D eigenvalue weighted by molar-refractivity contribution is 5.94. The standard InChI is InChI=1S/C15H17N3/c1-11-6-8-13(9-7-11)17-15(16)18-14-5-3-4-12(2)10-14/h3-10H,1-2H3,(H3,16,17,18). The van der Waals surface area contributed by atoms with Crippen LogP contribution in [0.3, 0.4) is 0 Å². The summed E-state index contributed by atoms with van der Waals surface area (Å²) in [4.78, 5) is 4.31. The van der Waals surface area contributed by atoms with Crippen LogP contribution < -0.4 is 11.1 Å². The molecule has 0 spiro atoms. The van der Waals surface area contributed by atoms with Gasteiger partial charge in [-0.05, 0) is 43.7 Å². The van der Waals surface area contributed by atoms with Gasteiger partial charge < -0.3 is 11.1 Å². The Kier molecular flexibility index (Phi) is 3.63. The molecule has 0 bridgehead atoms. The zero-order valence-electron chi connectivity index (χ0n) is 10.6. The number of hydrogen-bond acceptors (Lipinski definition) is 1. The van der Waals surface area contributed by atoms with Crippen LogP contribution in [-0.4, -0.2) is 5.96 Å². The van der Waals surface area contributed by atoms with Gasteiger partial charge in [-0.15, -0.1) is 0 Å². The lowest BCUT2D eigenvalue weighted by molar-refractivity contribution is 1.40. The number of guanidine groups is 1. The Morgan fingerprint density at radius 3 is 2.39 bits per heavy atom. The van der Waals surface area contributed by atoms with E-state index in [9.17, 15) is 0 Å². The smallest absolute Gasteiger partial charge is 0.198 e. The summed E-state index contributed by atoms with van der Waals surface area (Å²) < 4.78 is 0. The Hall–Kier alpha value is -2.29. The van der Waals surface area contributed by atoms with E-state index in [2.05, 4.69) is 10.3 Å². The number of nitrogens with one attached hydrogen (secondary N) is 1. The van der Waals surface area contributed by atoms with Crippen LogP contribution in [0, 0.1) is 13.8 Å². The number of rotatable bonds is 2. The van der Waals surface area contributed by atoms with Crippen molar-refractivity contribution in [2.75, 3.05) is 5.32 Å². The molecule has 0 aromatic heterocycles. The third-order valence-corrected chi connectivity index (χ3v) is 2.57. The third-order valence-electron chi connectivity index (χ3n) is 2.57. The number of aryl methyl sites for hydroxylation is 2. The molecule has 0 unspecified atom stereocenters. The third kappa shape index (κ3) is 3.35. The first-order valence-electron chi connectivity index (χ1n) is 5.88. The van der Waals surface area contributed by atoms with Crippen LogP contribution in [0.5, 0.6) is 0 Å². The highest BCUT2D eigenvalue weighted by Crippen LogP contribution is 2.13. The van der Waals surface area contributed by atoms with E-state index in [1.807, 2.05) is 62.4 Å². The van der Waals surface area contributed by atoms with Gasteiger partial charge in [0, 0.05) is 5.69 Å². The van der Waals surface area contributed by atoms with E-state index in [1.165, 1.54) is 11.1 Å². The number of benzene rings is 2. The van der Waals surface area contributed by atoms with E-state index in [4.69, 9.17) is 5.73 Å². The fourth-order valence-electron chi connectivity index (χ4n) is 1.66. The minimum Gasteiger partial charge on any atom is -0.369 e. The van der Waals surface area contributed by atoms with Crippen molar-refractivity contribution in [1.29, 1.82) is 0 Å². The molecule has 2 aromatic rings. The van der Waals surface area contributed by atoms with E-state index >= 15 is 0 Å². The quantitative estimate of drug-likeness (QED) is 0.623. The second-order valence-corrected chi connectivity index (χ2v) is 4.33. The topological polar surface area (TPSA) is 50.4 Å². The van der Waals surface area contributed by atoms with Crippen LogP contribution >= 0.6 is 0 Å². The molecule has 0 amide bonds. The number of aliphatic imine (C=N–C) groups is 1. The summed E-state index contributed by atoms with van der Waals surface area (Å²) in [5.74, 6) is 0.393. The first-order chi connectivity index (χ1) is 8.63. The predicted octanol–water partition coefficient (Wildman–Crippen LogP) is 3.36. The summed E-state index contributed by atoms with van der Waals surface area (Å²) in [6, 6.07) is 15.9. The van der Waals surface area contributed by atoms with E-state index in [1.54, 1.807) is 0 Å². The van der Waals surface area contributed by atoms with Crippen LogP contribution in [-0.2, 0) is 0 Å². The summed E-state index contributed by atoms with van der Waals surface area (Å²) in [6.45, 7) is 4.08. The molecule has 18 heavy (non-hydrogen) atoms. The zero-order valence-corrected chi connectivity index (χ0v) is 10.6. The van der Waals surface area contributed by atoms with Crippen molar-refractivity contribution in [2.24, 2.45) is 10.7 Å². The SMILES string of the molecule is Cc1ccc(N=C(N)Nc2cccc(C)c2)cc1. The van der Waals surface area contributed by atoms with Gasteiger partial charge in [-0.2, -0.15) is 0 Å². The van der Waals surface area contributed by atoms with Crippen LogP contribution in [0.2, 0.25) is 0 Å². The molecule has 3 nitrogen and oxygen atoms in total. The van der Waals surface area contributed by atoms with Crippen LogP contribution in [0.25, 0.3) is 0 Å². The normalized spacial score (nSPS) is 11.3. The lowest BCUT2D eigenvalue weighted by Gasteiger charge is -2.06. The Bertz CT molecular complexity index is 556. The first-order valence-corrected chi connectivity index (χ1v) is 5.88. The van der Waals surface area contributed by atoms with Crippen molar-refractivity contribution in [2.45, 2.75) is 13.8 Å². The second kappa shape index (κ2) is 5.36. The molecule has 0 saturated heterocycles. The average molecular weight is 239 g/mol. The highest BCUT2D eigenvalue weighted by Gasteiger charge is 1.96. The van der Waals surface area contributed by atoms with Gasteiger partial charge in [0.25, 0.3) is 0 Å². The van der Waals surface area contributed by atoms with Crippen molar-refractivity contribution in [3.8, 4) is 0 Å². The minimum atomic E-state index is 0.393.